The van der Waals surface area contributed by atoms with Gasteiger partial charge in [0.05, 0.1) is 0 Å². The number of fused-ring (bicyclic) bond motifs is 1. The van der Waals surface area contributed by atoms with Crippen molar-refractivity contribution in [3.05, 3.63) is 48.3 Å². The van der Waals surface area contributed by atoms with Crippen LogP contribution in [0.3, 0.4) is 0 Å². The number of hydrogen-bond donors (Lipinski definition) is 1. The first-order valence-electron chi connectivity index (χ1n) is 5.60. The molecular formula is C14H16O3. The summed E-state index contributed by atoms with van der Waals surface area (Å²) in [5.74, 6) is 0.218. The maximum absolute atomic E-state index is 11.7. The second kappa shape index (κ2) is 4.00. The Hall–Kier alpha value is -1.61. The van der Waals surface area contributed by atoms with Crippen molar-refractivity contribution in [1.82, 2.24) is 0 Å². The maximum atomic E-state index is 11.7. The molecule has 3 nitrogen and oxygen atoms in total. The van der Waals surface area contributed by atoms with Crippen LogP contribution in [0.15, 0.2) is 48.3 Å². The van der Waals surface area contributed by atoms with Crippen LogP contribution in [0.2, 0.25) is 0 Å². The van der Waals surface area contributed by atoms with Gasteiger partial charge in [0.1, 0.15) is 17.5 Å². The van der Waals surface area contributed by atoms with E-state index in [1.807, 2.05) is 6.92 Å². The Morgan fingerprint density at radius 2 is 2.47 bits per heavy atom. The van der Waals surface area contributed by atoms with E-state index in [1.165, 1.54) is 6.08 Å². The maximum Gasteiger partial charge on any atom is 0.185 e. The molecule has 0 amide bonds. The van der Waals surface area contributed by atoms with Crippen LogP contribution in [0.1, 0.15) is 19.8 Å². The van der Waals surface area contributed by atoms with Crippen molar-refractivity contribution in [2.45, 2.75) is 31.5 Å². The summed E-state index contributed by atoms with van der Waals surface area (Å²) in [5, 5.41) is 10.4. The highest BCUT2D eigenvalue weighted by Crippen LogP contribution is 2.40. The van der Waals surface area contributed by atoms with Gasteiger partial charge >= 0.3 is 0 Å². The monoisotopic (exact) mass is 232 g/mol. The number of aliphatic hydroxyl groups is 1. The molecule has 0 radical (unpaired) electrons. The summed E-state index contributed by atoms with van der Waals surface area (Å²) >= 11 is 0. The Morgan fingerprint density at radius 1 is 1.76 bits per heavy atom. The van der Waals surface area contributed by atoms with E-state index in [1.54, 1.807) is 12.2 Å². The quantitative estimate of drug-likeness (QED) is 0.757. The molecule has 17 heavy (non-hydrogen) atoms. The van der Waals surface area contributed by atoms with E-state index in [-0.39, 0.29) is 11.9 Å². The number of rotatable bonds is 3. The molecule has 0 aromatic heterocycles. The molecule has 0 aromatic carbocycles. The summed E-state index contributed by atoms with van der Waals surface area (Å²) in [6.07, 6.45) is 5.28. The zero-order valence-electron chi connectivity index (χ0n) is 9.90. The van der Waals surface area contributed by atoms with Crippen molar-refractivity contribution in [2.75, 3.05) is 0 Å². The molecule has 2 unspecified atom stereocenters. The van der Waals surface area contributed by atoms with Crippen molar-refractivity contribution in [3.8, 4) is 0 Å². The van der Waals surface area contributed by atoms with Crippen molar-refractivity contribution in [3.63, 3.8) is 0 Å². The molecule has 1 saturated heterocycles. The molecule has 1 heterocycles. The molecule has 0 aromatic rings. The van der Waals surface area contributed by atoms with E-state index in [2.05, 4.69) is 13.2 Å². The summed E-state index contributed by atoms with van der Waals surface area (Å²) in [6, 6.07) is 0. The van der Waals surface area contributed by atoms with Gasteiger partial charge < -0.3 is 9.84 Å². The number of ketones is 1. The normalized spacial score (nSPS) is 31.2. The molecule has 1 aliphatic heterocycles. The zero-order chi connectivity index (χ0) is 12.6. The van der Waals surface area contributed by atoms with Gasteiger partial charge in [-0.05, 0) is 25.0 Å². The summed E-state index contributed by atoms with van der Waals surface area (Å²) in [7, 11) is 0. The van der Waals surface area contributed by atoms with Crippen molar-refractivity contribution < 1.29 is 14.6 Å². The Kier molecular flexibility index (Phi) is 2.79. The average molecular weight is 232 g/mol. The first kappa shape index (κ1) is 11.9. The molecule has 2 aliphatic rings. The largest absolute Gasteiger partial charge is 0.487 e. The Morgan fingerprint density at radius 3 is 3.06 bits per heavy atom. The van der Waals surface area contributed by atoms with Gasteiger partial charge in [-0.1, -0.05) is 12.7 Å². The van der Waals surface area contributed by atoms with Crippen LogP contribution in [-0.4, -0.2) is 22.6 Å². The number of carbonyl (C=O) groups excluding carboxylic acids is 1. The lowest BCUT2D eigenvalue weighted by molar-refractivity contribution is -0.112. The van der Waals surface area contributed by atoms with E-state index in [4.69, 9.17) is 4.74 Å². The fourth-order valence-electron chi connectivity index (χ4n) is 2.13. The van der Waals surface area contributed by atoms with E-state index in [9.17, 15) is 9.90 Å². The summed E-state index contributed by atoms with van der Waals surface area (Å²) in [5.41, 5.74) is 0.257. The van der Waals surface area contributed by atoms with Crippen LogP contribution >= 0.6 is 0 Å². The Labute approximate surface area is 101 Å². The first-order valence-corrected chi connectivity index (χ1v) is 5.60. The highest BCUT2D eigenvalue weighted by Gasteiger charge is 2.45. The third kappa shape index (κ3) is 1.98. The van der Waals surface area contributed by atoms with Gasteiger partial charge in [0.2, 0.25) is 0 Å². The second-order valence-corrected chi connectivity index (χ2v) is 4.62. The van der Waals surface area contributed by atoms with Crippen molar-refractivity contribution in [2.24, 2.45) is 0 Å². The lowest BCUT2D eigenvalue weighted by atomic mass is 9.86. The van der Waals surface area contributed by atoms with E-state index in [0.717, 1.165) is 5.57 Å². The third-order valence-electron chi connectivity index (χ3n) is 3.10. The lowest BCUT2D eigenvalue weighted by Crippen LogP contribution is -2.29. The number of carbonyl (C=O) groups is 1. The van der Waals surface area contributed by atoms with Crippen LogP contribution in [0.4, 0.5) is 0 Å². The minimum Gasteiger partial charge on any atom is -0.487 e. The van der Waals surface area contributed by atoms with Gasteiger partial charge in [0, 0.05) is 18.1 Å². The molecule has 2 atom stereocenters. The van der Waals surface area contributed by atoms with Gasteiger partial charge in [-0.25, -0.2) is 0 Å². The predicted octanol–water partition coefficient (Wildman–Crippen LogP) is 2.05. The van der Waals surface area contributed by atoms with Crippen LogP contribution in [-0.2, 0) is 9.53 Å². The Balaban J connectivity index is 2.33. The molecule has 1 aliphatic carbocycles. The highest BCUT2D eigenvalue weighted by atomic mass is 16.5. The van der Waals surface area contributed by atoms with E-state index >= 15 is 0 Å². The summed E-state index contributed by atoms with van der Waals surface area (Å²) < 4.78 is 5.55. The molecule has 1 N–H and O–H groups in total. The second-order valence-electron chi connectivity index (χ2n) is 4.62. The molecular weight excluding hydrogens is 216 g/mol. The first-order chi connectivity index (χ1) is 7.96. The average Bonchev–Trinajstić information content (AvgIpc) is 2.56. The van der Waals surface area contributed by atoms with E-state index < -0.39 is 5.60 Å². The van der Waals surface area contributed by atoms with Gasteiger partial charge in [-0.15, -0.1) is 6.58 Å². The molecule has 0 saturated carbocycles. The van der Waals surface area contributed by atoms with Gasteiger partial charge in [0.25, 0.3) is 0 Å². The van der Waals surface area contributed by atoms with Crippen LogP contribution in [0.5, 0.6) is 0 Å². The third-order valence-corrected chi connectivity index (χ3v) is 3.10. The molecule has 0 bridgehead atoms. The number of hydrogen-bond acceptors (Lipinski definition) is 3. The van der Waals surface area contributed by atoms with Gasteiger partial charge in [-0.2, -0.15) is 0 Å². The van der Waals surface area contributed by atoms with Crippen LogP contribution in [0, 0.1) is 0 Å². The standard InChI is InChI=1S/C14H16O3/c1-4-5-10-7-14(16)8-12(9(2)3)17-13(14)6-11(10)15/h4,6-7,12,16H,1-2,5,8H2,3H3. The smallest absolute Gasteiger partial charge is 0.185 e. The van der Waals surface area contributed by atoms with Crippen molar-refractivity contribution in [1.29, 1.82) is 0 Å². The molecule has 3 heteroatoms. The van der Waals surface area contributed by atoms with Gasteiger partial charge in [0.15, 0.2) is 5.78 Å². The van der Waals surface area contributed by atoms with E-state index in [0.29, 0.717) is 24.2 Å². The SMILES string of the molecule is C=CCC1=CC2(O)CC(C(=C)C)OC2=CC1=O. The predicted molar refractivity (Wildman–Crippen MR) is 65.2 cm³/mol. The molecule has 1 fully saturated rings. The fourth-order valence-corrected chi connectivity index (χ4v) is 2.13. The molecule has 0 spiro atoms. The minimum absolute atomic E-state index is 0.119. The van der Waals surface area contributed by atoms with Crippen LogP contribution < -0.4 is 0 Å². The topological polar surface area (TPSA) is 46.5 Å². The fraction of sp³-hybridized carbons (Fsp3) is 0.357. The lowest BCUT2D eigenvalue weighted by Gasteiger charge is -2.22. The van der Waals surface area contributed by atoms with Crippen LogP contribution in [0.25, 0.3) is 0 Å². The molecule has 2 rings (SSSR count). The highest BCUT2D eigenvalue weighted by molar-refractivity contribution is 6.06. The summed E-state index contributed by atoms with van der Waals surface area (Å²) in [6.45, 7) is 9.26. The number of ether oxygens (including phenoxy) is 1. The number of allylic oxidation sites excluding steroid dienone is 3. The van der Waals surface area contributed by atoms with Crippen molar-refractivity contribution >= 4 is 5.78 Å². The Bertz CT molecular complexity index is 456. The summed E-state index contributed by atoms with van der Waals surface area (Å²) in [4.78, 5) is 11.7. The molecule has 90 valence electrons. The van der Waals surface area contributed by atoms with Gasteiger partial charge in [-0.3, -0.25) is 4.79 Å². The zero-order valence-corrected chi connectivity index (χ0v) is 9.90. The minimum atomic E-state index is -1.16.